The summed E-state index contributed by atoms with van der Waals surface area (Å²) in [6, 6.07) is 0. The van der Waals surface area contributed by atoms with Gasteiger partial charge in [-0.05, 0) is 0 Å². The van der Waals surface area contributed by atoms with Crippen LogP contribution in [-0.2, 0) is 9.53 Å². The first-order valence-electron chi connectivity index (χ1n) is 1.72. The number of ether oxygens (including phenoxy) is 1. The second-order valence-corrected chi connectivity index (χ2v) is 3.46. The third kappa shape index (κ3) is 3.36. The van der Waals surface area contributed by atoms with Crippen molar-refractivity contribution in [1.82, 2.24) is 0 Å². The average Bonchev–Trinajstić information content (AvgIpc) is 1.65. The van der Waals surface area contributed by atoms with Crippen LogP contribution in [0.5, 0.6) is 0 Å². The van der Waals surface area contributed by atoms with E-state index in [4.69, 9.17) is 46.4 Å². The Labute approximate surface area is 72.0 Å². The standard InChI is InChI=1S/C3HCl4O2/c4-2(5)3(6,7)9-1-8/h2H. The molecule has 0 fully saturated rings. The SMILES string of the molecule is O=[C]OC(Cl)(Cl)C(Cl)Cl. The van der Waals surface area contributed by atoms with Crippen molar-refractivity contribution in [2.24, 2.45) is 0 Å². The number of halogens is 4. The van der Waals surface area contributed by atoms with Crippen molar-refractivity contribution in [3.63, 3.8) is 0 Å². The number of hydrogen-bond donors (Lipinski definition) is 0. The number of carbonyl (C=O) groups excluding carboxylic acids is 1. The molecule has 0 rings (SSSR count). The van der Waals surface area contributed by atoms with Crippen LogP contribution < -0.4 is 0 Å². The summed E-state index contributed by atoms with van der Waals surface area (Å²) in [5.41, 5.74) is 0. The van der Waals surface area contributed by atoms with E-state index in [0.717, 1.165) is 6.47 Å². The van der Waals surface area contributed by atoms with Gasteiger partial charge in [-0.1, -0.05) is 46.4 Å². The molecule has 2 nitrogen and oxygen atoms in total. The van der Waals surface area contributed by atoms with Crippen LogP contribution >= 0.6 is 46.4 Å². The van der Waals surface area contributed by atoms with Gasteiger partial charge in [0.1, 0.15) is 0 Å². The van der Waals surface area contributed by atoms with E-state index in [0.29, 0.717) is 0 Å². The molecule has 0 heterocycles. The minimum Gasteiger partial charge on any atom is -0.417 e. The lowest BCUT2D eigenvalue weighted by Gasteiger charge is -2.16. The van der Waals surface area contributed by atoms with Crippen molar-refractivity contribution in [1.29, 1.82) is 0 Å². The Kier molecular flexibility index (Phi) is 3.97. The van der Waals surface area contributed by atoms with Crippen LogP contribution in [0.1, 0.15) is 0 Å². The first kappa shape index (κ1) is 9.63. The number of rotatable bonds is 3. The molecule has 0 saturated carbocycles. The van der Waals surface area contributed by atoms with E-state index in [1.165, 1.54) is 0 Å². The van der Waals surface area contributed by atoms with Crippen LogP contribution in [0.4, 0.5) is 0 Å². The summed E-state index contributed by atoms with van der Waals surface area (Å²) in [5.74, 6) is 0. The predicted molar refractivity (Wildman–Crippen MR) is 36.7 cm³/mol. The van der Waals surface area contributed by atoms with Crippen LogP contribution in [0.25, 0.3) is 0 Å². The van der Waals surface area contributed by atoms with Gasteiger partial charge < -0.3 is 4.74 Å². The van der Waals surface area contributed by atoms with Gasteiger partial charge in [-0.2, -0.15) is 0 Å². The average molecular weight is 211 g/mol. The van der Waals surface area contributed by atoms with E-state index in [-0.39, 0.29) is 0 Å². The smallest absolute Gasteiger partial charge is 0.417 e. The zero-order valence-corrected chi connectivity index (χ0v) is 6.93. The molecule has 0 aliphatic carbocycles. The first-order chi connectivity index (χ1) is 4.00. The summed E-state index contributed by atoms with van der Waals surface area (Å²) < 4.78 is 2.05. The Morgan fingerprint density at radius 2 is 1.89 bits per heavy atom. The molecule has 0 aromatic carbocycles. The normalized spacial score (nSPS) is 11.7. The van der Waals surface area contributed by atoms with E-state index in [1.807, 2.05) is 0 Å². The molecule has 0 N–H and O–H groups in total. The molecule has 0 aromatic heterocycles. The van der Waals surface area contributed by atoms with Crippen molar-refractivity contribution in [2.45, 2.75) is 9.36 Å². The fourth-order valence-electron chi connectivity index (χ4n) is 0.100. The van der Waals surface area contributed by atoms with E-state index in [2.05, 4.69) is 4.74 Å². The molecule has 0 atom stereocenters. The van der Waals surface area contributed by atoms with Gasteiger partial charge in [-0.3, -0.25) is 0 Å². The van der Waals surface area contributed by atoms with Crippen molar-refractivity contribution < 1.29 is 9.53 Å². The number of hydrogen-bond acceptors (Lipinski definition) is 2. The quantitative estimate of drug-likeness (QED) is 0.667. The molecule has 0 bridgehead atoms. The first-order valence-corrected chi connectivity index (χ1v) is 3.34. The molecule has 1 radical (unpaired) electrons. The molecule has 53 valence electrons. The lowest BCUT2D eigenvalue weighted by molar-refractivity contribution is 0.224. The maximum Gasteiger partial charge on any atom is 0.420 e. The van der Waals surface area contributed by atoms with Gasteiger partial charge in [0.25, 0.3) is 4.52 Å². The van der Waals surface area contributed by atoms with Gasteiger partial charge in [0.05, 0.1) is 0 Å². The van der Waals surface area contributed by atoms with Gasteiger partial charge in [0, 0.05) is 0 Å². The minimum atomic E-state index is -1.90. The van der Waals surface area contributed by atoms with Crippen LogP contribution in [0.2, 0.25) is 0 Å². The largest absolute Gasteiger partial charge is 0.420 e. The molecule has 9 heavy (non-hydrogen) atoms. The summed E-state index contributed by atoms with van der Waals surface area (Å²) in [5, 5.41) is 0. The second kappa shape index (κ2) is 3.71. The molecule has 0 aliphatic heterocycles. The van der Waals surface area contributed by atoms with Crippen LogP contribution in [-0.4, -0.2) is 15.8 Å². The Morgan fingerprint density at radius 3 is 2.00 bits per heavy atom. The summed E-state index contributed by atoms with van der Waals surface area (Å²) in [6.07, 6.45) is 0. The van der Waals surface area contributed by atoms with Gasteiger partial charge in [-0.15, -0.1) is 0 Å². The zero-order valence-electron chi connectivity index (χ0n) is 3.91. The maximum atomic E-state index is 9.49. The summed E-state index contributed by atoms with van der Waals surface area (Å²) in [7, 11) is 0. The molecule has 0 aliphatic rings. The minimum absolute atomic E-state index is 1.01. The highest BCUT2D eigenvalue weighted by atomic mass is 35.5. The van der Waals surface area contributed by atoms with Gasteiger partial charge in [0.15, 0.2) is 4.84 Å². The molecule has 0 amide bonds. The van der Waals surface area contributed by atoms with Crippen LogP contribution in [0.15, 0.2) is 0 Å². The Bertz CT molecular complexity index is 102. The zero-order chi connectivity index (χ0) is 7.49. The van der Waals surface area contributed by atoms with Crippen molar-refractivity contribution >= 4 is 52.9 Å². The highest BCUT2D eigenvalue weighted by molar-refractivity contribution is 6.59. The Hall–Kier alpha value is 0.630. The molecule has 0 aromatic rings. The van der Waals surface area contributed by atoms with E-state index in [1.54, 1.807) is 0 Å². The molecule has 6 heteroatoms. The second-order valence-electron chi connectivity index (χ2n) is 1.05. The van der Waals surface area contributed by atoms with E-state index >= 15 is 0 Å². The van der Waals surface area contributed by atoms with Crippen LogP contribution in [0, 0.1) is 0 Å². The van der Waals surface area contributed by atoms with Gasteiger partial charge >= 0.3 is 6.47 Å². The Balaban J connectivity index is 3.84. The summed E-state index contributed by atoms with van der Waals surface area (Å²) in [6.45, 7) is 1.01. The molecular formula is C3HCl4O2. The van der Waals surface area contributed by atoms with Crippen molar-refractivity contribution in [3.8, 4) is 0 Å². The van der Waals surface area contributed by atoms with E-state index < -0.39 is 9.36 Å². The van der Waals surface area contributed by atoms with Gasteiger partial charge in [0.2, 0.25) is 0 Å². The topological polar surface area (TPSA) is 26.3 Å². The lowest BCUT2D eigenvalue weighted by Crippen LogP contribution is -2.25. The summed E-state index contributed by atoms with van der Waals surface area (Å²) >= 11 is 20.7. The lowest BCUT2D eigenvalue weighted by atomic mass is 10.8. The molecule has 0 saturated heterocycles. The third-order valence-corrected chi connectivity index (χ3v) is 2.08. The Morgan fingerprint density at radius 1 is 1.44 bits per heavy atom. The predicted octanol–water partition coefficient (Wildman–Crippen LogP) is 2.01. The number of alkyl halides is 4. The summed E-state index contributed by atoms with van der Waals surface area (Å²) in [4.78, 5) is 8.30. The molecular weight excluding hydrogens is 210 g/mol. The molecule has 0 spiro atoms. The monoisotopic (exact) mass is 209 g/mol. The fourth-order valence-corrected chi connectivity index (χ4v) is 0.252. The van der Waals surface area contributed by atoms with Crippen molar-refractivity contribution in [2.75, 3.05) is 0 Å². The van der Waals surface area contributed by atoms with E-state index in [9.17, 15) is 4.79 Å². The third-order valence-electron chi connectivity index (χ3n) is 0.432. The van der Waals surface area contributed by atoms with Crippen LogP contribution in [0.3, 0.4) is 0 Å². The fraction of sp³-hybridized carbons (Fsp3) is 0.667. The molecule has 0 unspecified atom stereocenters. The highest BCUT2D eigenvalue weighted by Crippen LogP contribution is 2.32. The van der Waals surface area contributed by atoms with Gasteiger partial charge in [-0.25, -0.2) is 4.79 Å². The highest BCUT2D eigenvalue weighted by Gasteiger charge is 2.34. The maximum absolute atomic E-state index is 9.49. The van der Waals surface area contributed by atoms with Crippen molar-refractivity contribution in [3.05, 3.63) is 0 Å².